The molecule has 2 N–H and O–H groups in total. The Morgan fingerprint density at radius 2 is 2.00 bits per heavy atom. The molecule has 0 aliphatic heterocycles. The van der Waals surface area contributed by atoms with Crippen LogP contribution < -0.4 is 5.73 Å². The third kappa shape index (κ3) is 4.34. The van der Waals surface area contributed by atoms with Crippen molar-refractivity contribution in [2.45, 2.75) is 51.0 Å². The lowest BCUT2D eigenvalue weighted by Gasteiger charge is -2.28. The number of sulfonamides is 1. The molecule has 1 aromatic carbocycles. The highest BCUT2D eigenvalue weighted by atomic mass is 79.9. The van der Waals surface area contributed by atoms with E-state index < -0.39 is 10.0 Å². The molecule has 4 nitrogen and oxygen atoms in total. The molecule has 0 bridgehead atoms. The molecule has 1 aromatic rings. The van der Waals surface area contributed by atoms with Gasteiger partial charge in [-0.2, -0.15) is 4.31 Å². The summed E-state index contributed by atoms with van der Waals surface area (Å²) in [7, 11) is -3.64. The Hall–Kier alpha value is -0.300. The Labute approximate surface area is 140 Å². The van der Waals surface area contributed by atoms with Crippen LogP contribution in [0.2, 0.25) is 5.02 Å². The third-order valence-corrected chi connectivity index (χ3v) is 6.84. The molecule has 0 aromatic heterocycles. The first-order valence-corrected chi connectivity index (χ1v) is 9.63. The third-order valence-electron chi connectivity index (χ3n) is 3.43. The fourth-order valence-corrected chi connectivity index (χ4v) is 4.99. The average molecular weight is 398 g/mol. The summed E-state index contributed by atoms with van der Waals surface area (Å²) in [6.45, 7) is 6.41. The van der Waals surface area contributed by atoms with E-state index in [9.17, 15) is 8.42 Å². The van der Waals surface area contributed by atoms with Crippen molar-refractivity contribution < 1.29 is 8.42 Å². The Balaban J connectivity index is 3.35. The molecule has 0 fully saturated rings. The van der Waals surface area contributed by atoms with Gasteiger partial charge in [-0.1, -0.05) is 31.9 Å². The van der Waals surface area contributed by atoms with Gasteiger partial charge in [-0.15, -0.1) is 0 Å². The smallest absolute Gasteiger partial charge is 0.244 e. The maximum Gasteiger partial charge on any atom is 0.244 e. The van der Waals surface area contributed by atoms with Gasteiger partial charge in [0.05, 0.1) is 9.37 Å². The van der Waals surface area contributed by atoms with Crippen molar-refractivity contribution >= 4 is 43.2 Å². The predicted octanol–water partition coefficient (Wildman–Crippen LogP) is 4.27. The van der Waals surface area contributed by atoms with Crippen LogP contribution >= 0.6 is 27.5 Å². The predicted molar refractivity (Wildman–Crippen MR) is 92.1 cm³/mol. The molecule has 21 heavy (non-hydrogen) atoms. The summed E-state index contributed by atoms with van der Waals surface area (Å²) >= 11 is 9.24. The number of nitrogens with two attached hydrogens (primary N) is 1. The molecule has 1 rings (SSSR count). The first-order chi connectivity index (χ1) is 9.75. The number of benzene rings is 1. The number of nitrogen functional groups attached to an aromatic ring is 1. The zero-order valence-corrected chi connectivity index (χ0v) is 15.7. The van der Waals surface area contributed by atoms with Crippen molar-refractivity contribution in [3.8, 4) is 0 Å². The Morgan fingerprint density at radius 3 is 2.52 bits per heavy atom. The van der Waals surface area contributed by atoms with Crippen molar-refractivity contribution in [1.29, 1.82) is 0 Å². The quantitative estimate of drug-likeness (QED) is 0.699. The van der Waals surface area contributed by atoms with Gasteiger partial charge >= 0.3 is 0 Å². The van der Waals surface area contributed by atoms with Gasteiger partial charge < -0.3 is 5.73 Å². The summed E-state index contributed by atoms with van der Waals surface area (Å²) in [5, 5.41) is 0.314. The van der Waals surface area contributed by atoms with E-state index in [0.29, 0.717) is 21.7 Å². The van der Waals surface area contributed by atoms with Gasteiger partial charge in [0.2, 0.25) is 10.0 Å². The number of nitrogens with zero attached hydrogens (tertiary/aromatic N) is 1. The molecule has 0 aliphatic rings. The lowest BCUT2D eigenvalue weighted by atomic mass is 10.2. The minimum absolute atomic E-state index is 0.0753. The normalized spacial score (nSPS) is 13.6. The maximum absolute atomic E-state index is 12.9. The molecule has 0 radical (unpaired) electrons. The van der Waals surface area contributed by atoms with E-state index in [1.807, 2.05) is 20.8 Å². The fraction of sp³-hybridized carbons (Fsp3) is 0.571. The second-order valence-corrected chi connectivity index (χ2v) is 8.12. The van der Waals surface area contributed by atoms with Crippen LogP contribution in [-0.2, 0) is 10.0 Å². The molecule has 0 saturated carbocycles. The van der Waals surface area contributed by atoms with E-state index in [1.165, 1.54) is 16.4 Å². The summed E-state index contributed by atoms with van der Waals surface area (Å²) in [6, 6.07) is 2.90. The van der Waals surface area contributed by atoms with Crippen LogP contribution in [0.25, 0.3) is 0 Å². The van der Waals surface area contributed by atoms with Crippen molar-refractivity contribution in [2.24, 2.45) is 0 Å². The lowest BCUT2D eigenvalue weighted by molar-refractivity contribution is 0.324. The Kier molecular flexibility index (Phi) is 6.97. The van der Waals surface area contributed by atoms with Crippen LogP contribution in [0.15, 0.2) is 21.5 Å². The van der Waals surface area contributed by atoms with E-state index in [0.717, 1.165) is 19.3 Å². The molecule has 0 saturated heterocycles. The van der Waals surface area contributed by atoms with Gasteiger partial charge in [0.25, 0.3) is 0 Å². The highest BCUT2D eigenvalue weighted by Gasteiger charge is 2.30. The number of rotatable bonds is 7. The highest BCUT2D eigenvalue weighted by molar-refractivity contribution is 9.10. The zero-order valence-electron chi connectivity index (χ0n) is 12.6. The molecule has 7 heteroatoms. The monoisotopic (exact) mass is 396 g/mol. The summed E-state index contributed by atoms with van der Waals surface area (Å²) in [5.74, 6) is 0. The summed E-state index contributed by atoms with van der Waals surface area (Å²) < 4.78 is 27.8. The zero-order chi connectivity index (χ0) is 16.2. The number of hydrogen-bond acceptors (Lipinski definition) is 3. The topological polar surface area (TPSA) is 63.4 Å². The van der Waals surface area contributed by atoms with E-state index in [-0.39, 0.29) is 10.9 Å². The second-order valence-electron chi connectivity index (χ2n) is 5.03. The van der Waals surface area contributed by atoms with Crippen LogP contribution in [0, 0.1) is 0 Å². The minimum Gasteiger partial charge on any atom is -0.398 e. The number of halogens is 2. The standard InChI is InChI=1S/C14H22BrClN2O2S/c1-4-6-7-18(10(3)5-2)21(19,20)13-9-11(16)8-12(17)14(13)15/h8-10H,4-7,17H2,1-3H3. The molecule has 0 amide bonds. The maximum atomic E-state index is 12.9. The molecule has 120 valence electrons. The Bertz CT molecular complexity index is 593. The highest BCUT2D eigenvalue weighted by Crippen LogP contribution is 2.34. The number of unbranched alkanes of at least 4 members (excludes halogenated alkanes) is 1. The largest absolute Gasteiger partial charge is 0.398 e. The molecule has 1 atom stereocenters. The second kappa shape index (κ2) is 7.81. The van der Waals surface area contributed by atoms with E-state index in [1.54, 1.807) is 0 Å². The van der Waals surface area contributed by atoms with Crippen LogP contribution in [0.5, 0.6) is 0 Å². The first-order valence-electron chi connectivity index (χ1n) is 7.02. The summed E-state index contributed by atoms with van der Waals surface area (Å²) in [6.07, 6.45) is 2.50. The van der Waals surface area contributed by atoms with Gasteiger partial charge in [0.15, 0.2) is 0 Å². The lowest BCUT2D eigenvalue weighted by Crippen LogP contribution is -2.39. The summed E-state index contributed by atoms with van der Waals surface area (Å²) in [4.78, 5) is 0.129. The van der Waals surface area contributed by atoms with Crippen molar-refractivity contribution in [2.75, 3.05) is 12.3 Å². The van der Waals surface area contributed by atoms with E-state index >= 15 is 0 Å². The molecule has 1 unspecified atom stereocenters. The van der Waals surface area contributed by atoms with Crippen LogP contribution in [0.1, 0.15) is 40.0 Å². The van der Waals surface area contributed by atoms with Crippen LogP contribution in [-0.4, -0.2) is 25.3 Å². The Morgan fingerprint density at radius 1 is 1.38 bits per heavy atom. The van der Waals surface area contributed by atoms with E-state index in [2.05, 4.69) is 15.9 Å². The molecular formula is C14H22BrClN2O2S. The SMILES string of the molecule is CCCCN(C(C)CC)S(=O)(=O)c1cc(Cl)cc(N)c1Br. The van der Waals surface area contributed by atoms with Crippen molar-refractivity contribution in [3.05, 3.63) is 21.6 Å². The minimum atomic E-state index is -3.64. The number of hydrogen-bond donors (Lipinski definition) is 1. The molecule has 0 heterocycles. The van der Waals surface area contributed by atoms with Gasteiger partial charge in [0.1, 0.15) is 0 Å². The molecule has 0 aliphatic carbocycles. The van der Waals surface area contributed by atoms with Gasteiger partial charge in [-0.25, -0.2) is 8.42 Å². The van der Waals surface area contributed by atoms with Crippen LogP contribution in [0.4, 0.5) is 5.69 Å². The summed E-state index contributed by atoms with van der Waals surface area (Å²) in [5.41, 5.74) is 6.13. The van der Waals surface area contributed by atoms with E-state index in [4.69, 9.17) is 17.3 Å². The van der Waals surface area contributed by atoms with Gasteiger partial charge in [0, 0.05) is 23.3 Å². The number of anilines is 1. The molecule has 0 spiro atoms. The van der Waals surface area contributed by atoms with Crippen molar-refractivity contribution in [3.63, 3.8) is 0 Å². The fourth-order valence-electron chi connectivity index (χ4n) is 1.99. The molecular weight excluding hydrogens is 376 g/mol. The van der Waals surface area contributed by atoms with Crippen molar-refractivity contribution in [1.82, 2.24) is 4.31 Å². The average Bonchev–Trinajstić information content (AvgIpc) is 2.42. The van der Waals surface area contributed by atoms with Gasteiger partial charge in [-0.3, -0.25) is 0 Å². The van der Waals surface area contributed by atoms with Crippen LogP contribution in [0.3, 0.4) is 0 Å². The van der Waals surface area contributed by atoms with Gasteiger partial charge in [-0.05, 0) is 47.8 Å². The first kappa shape index (κ1) is 18.7.